The van der Waals surface area contributed by atoms with E-state index in [0.717, 1.165) is 14.6 Å². The summed E-state index contributed by atoms with van der Waals surface area (Å²) in [7, 11) is 0. The number of aromatic amines is 1. The number of benzene rings is 1. The van der Waals surface area contributed by atoms with Gasteiger partial charge in [-0.3, -0.25) is 9.78 Å². The van der Waals surface area contributed by atoms with Crippen LogP contribution in [0, 0.1) is 6.92 Å². The SMILES string of the molecule is CCc1c(Cl)[nH]c(=O)n(-c2cc(C)cc(Br)c2)c1=O. The topological polar surface area (TPSA) is 54.9 Å². The van der Waals surface area contributed by atoms with Crippen molar-refractivity contribution in [1.82, 2.24) is 9.55 Å². The fourth-order valence-corrected chi connectivity index (χ4v) is 2.82. The third-order valence-electron chi connectivity index (χ3n) is 2.78. The van der Waals surface area contributed by atoms with Crippen molar-refractivity contribution in [3.05, 3.63) is 59.8 Å². The number of halogens is 2. The van der Waals surface area contributed by atoms with Crippen molar-refractivity contribution in [2.45, 2.75) is 20.3 Å². The van der Waals surface area contributed by atoms with E-state index in [1.54, 1.807) is 12.1 Å². The molecule has 1 heterocycles. The van der Waals surface area contributed by atoms with Crippen LogP contribution in [0.4, 0.5) is 0 Å². The highest BCUT2D eigenvalue weighted by atomic mass is 79.9. The van der Waals surface area contributed by atoms with Gasteiger partial charge in [-0.05, 0) is 37.1 Å². The molecule has 2 aromatic rings. The fourth-order valence-electron chi connectivity index (χ4n) is 1.93. The van der Waals surface area contributed by atoms with E-state index in [1.807, 2.05) is 19.9 Å². The molecule has 0 aliphatic carbocycles. The van der Waals surface area contributed by atoms with Crippen LogP contribution in [0.1, 0.15) is 18.1 Å². The van der Waals surface area contributed by atoms with E-state index < -0.39 is 5.69 Å². The molecule has 0 unspecified atom stereocenters. The maximum absolute atomic E-state index is 12.3. The molecule has 1 N–H and O–H groups in total. The van der Waals surface area contributed by atoms with Gasteiger partial charge in [0.2, 0.25) is 0 Å². The number of rotatable bonds is 2. The molecule has 4 nitrogen and oxygen atoms in total. The van der Waals surface area contributed by atoms with Crippen LogP contribution in [-0.2, 0) is 6.42 Å². The number of hydrogen-bond donors (Lipinski definition) is 1. The molecule has 0 bridgehead atoms. The Bertz CT molecular complexity index is 729. The van der Waals surface area contributed by atoms with E-state index >= 15 is 0 Å². The van der Waals surface area contributed by atoms with Crippen molar-refractivity contribution >= 4 is 27.5 Å². The fraction of sp³-hybridized carbons (Fsp3) is 0.231. The van der Waals surface area contributed by atoms with Gasteiger partial charge in [0.15, 0.2) is 0 Å². The minimum Gasteiger partial charge on any atom is -0.297 e. The molecule has 0 fully saturated rings. The van der Waals surface area contributed by atoms with Gasteiger partial charge in [0.25, 0.3) is 5.56 Å². The number of H-pyrrole nitrogens is 1. The number of hydrogen-bond acceptors (Lipinski definition) is 2. The van der Waals surface area contributed by atoms with Crippen LogP contribution in [0.25, 0.3) is 5.69 Å². The third kappa shape index (κ3) is 2.67. The Balaban J connectivity index is 2.83. The summed E-state index contributed by atoms with van der Waals surface area (Å²) >= 11 is 9.23. The number of nitrogens with one attached hydrogen (secondary N) is 1. The van der Waals surface area contributed by atoms with Gasteiger partial charge in [0, 0.05) is 4.47 Å². The highest BCUT2D eigenvalue weighted by Crippen LogP contribution is 2.17. The predicted octanol–water partition coefficient (Wildman–Crippen LogP) is 2.81. The lowest BCUT2D eigenvalue weighted by molar-refractivity contribution is 0.840. The van der Waals surface area contributed by atoms with Gasteiger partial charge in [-0.2, -0.15) is 0 Å². The number of nitrogens with zero attached hydrogens (tertiary/aromatic N) is 1. The van der Waals surface area contributed by atoms with Crippen molar-refractivity contribution in [3.8, 4) is 5.69 Å². The van der Waals surface area contributed by atoms with E-state index in [4.69, 9.17) is 11.6 Å². The van der Waals surface area contributed by atoms with Gasteiger partial charge in [-0.25, -0.2) is 9.36 Å². The maximum Gasteiger partial charge on any atom is 0.334 e. The van der Waals surface area contributed by atoms with Crippen molar-refractivity contribution in [2.75, 3.05) is 0 Å². The standard InChI is InChI=1S/C13H12BrClN2O2/c1-3-10-11(15)16-13(19)17(12(10)18)9-5-7(2)4-8(14)6-9/h4-6H,3H2,1-2H3,(H,16,19). The van der Waals surface area contributed by atoms with E-state index in [-0.39, 0.29) is 10.7 Å². The zero-order chi connectivity index (χ0) is 14.2. The van der Waals surface area contributed by atoms with Crippen LogP contribution in [0.3, 0.4) is 0 Å². The summed E-state index contributed by atoms with van der Waals surface area (Å²) in [6.45, 7) is 3.71. The van der Waals surface area contributed by atoms with Crippen molar-refractivity contribution in [3.63, 3.8) is 0 Å². The van der Waals surface area contributed by atoms with Gasteiger partial charge in [0.05, 0.1) is 11.3 Å². The number of aryl methyl sites for hydroxylation is 1. The van der Waals surface area contributed by atoms with Crippen LogP contribution < -0.4 is 11.2 Å². The van der Waals surface area contributed by atoms with Crippen LogP contribution >= 0.6 is 27.5 Å². The van der Waals surface area contributed by atoms with Crippen LogP contribution in [0.2, 0.25) is 5.15 Å². The van der Waals surface area contributed by atoms with Crippen LogP contribution in [0.5, 0.6) is 0 Å². The molecule has 0 aliphatic heterocycles. The Morgan fingerprint density at radius 1 is 1.32 bits per heavy atom. The quantitative estimate of drug-likeness (QED) is 0.853. The molecule has 1 aromatic heterocycles. The average molecular weight is 344 g/mol. The molecule has 0 atom stereocenters. The molecule has 0 radical (unpaired) electrons. The summed E-state index contributed by atoms with van der Waals surface area (Å²) in [5, 5.41) is 0.112. The molecule has 0 aliphatic rings. The second-order valence-corrected chi connectivity index (χ2v) is 5.50. The van der Waals surface area contributed by atoms with Crippen molar-refractivity contribution in [1.29, 1.82) is 0 Å². The normalized spacial score (nSPS) is 10.7. The lowest BCUT2D eigenvalue weighted by atomic mass is 10.2. The molecular weight excluding hydrogens is 332 g/mol. The zero-order valence-corrected chi connectivity index (χ0v) is 12.8. The average Bonchev–Trinajstić information content (AvgIpc) is 2.27. The Morgan fingerprint density at radius 3 is 2.58 bits per heavy atom. The smallest absolute Gasteiger partial charge is 0.297 e. The molecule has 6 heteroatoms. The lowest BCUT2D eigenvalue weighted by Crippen LogP contribution is -2.36. The summed E-state index contributed by atoms with van der Waals surface area (Å²) in [6, 6.07) is 5.39. The third-order valence-corrected chi connectivity index (χ3v) is 3.57. The van der Waals surface area contributed by atoms with Gasteiger partial charge in [0.1, 0.15) is 5.15 Å². The first-order chi connectivity index (χ1) is 8.93. The summed E-state index contributed by atoms with van der Waals surface area (Å²) in [6.07, 6.45) is 0.460. The second kappa shape index (κ2) is 5.35. The highest BCUT2D eigenvalue weighted by Gasteiger charge is 2.13. The van der Waals surface area contributed by atoms with Gasteiger partial charge in [-0.1, -0.05) is 34.5 Å². The molecule has 19 heavy (non-hydrogen) atoms. The Labute approximate surface area is 123 Å². The van der Waals surface area contributed by atoms with Crippen molar-refractivity contribution in [2.24, 2.45) is 0 Å². The molecule has 1 aromatic carbocycles. The zero-order valence-electron chi connectivity index (χ0n) is 10.5. The first-order valence-corrected chi connectivity index (χ1v) is 6.92. The lowest BCUT2D eigenvalue weighted by Gasteiger charge is -2.09. The summed E-state index contributed by atoms with van der Waals surface area (Å²) in [5.74, 6) is 0. The Morgan fingerprint density at radius 2 is 2.00 bits per heavy atom. The predicted molar refractivity (Wildman–Crippen MR) is 79.5 cm³/mol. The molecule has 2 rings (SSSR count). The first kappa shape index (κ1) is 14.1. The molecule has 0 saturated carbocycles. The molecular formula is C13H12BrClN2O2. The molecule has 100 valence electrons. The minimum atomic E-state index is -0.537. The summed E-state index contributed by atoms with van der Waals surface area (Å²) in [5.41, 5.74) is 0.950. The molecule has 0 amide bonds. The molecule has 0 saturated heterocycles. The Kier molecular flexibility index (Phi) is 3.96. The van der Waals surface area contributed by atoms with Crippen molar-refractivity contribution < 1.29 is 0 Å². The second-order valence-electron chi connectivity index (χ2n) is 4.20. The Hall–Kier alpha value is -1.33. The van der Waals surface area contributed by atoms with Gasteiger partial charge >= 0.3 is 5.69 Å². The largest absolute Gasteiger partial charge is 0.334 e. The van der Waals surface area contributed by atoms with E-state index in [2.05, 4.69) is 20.9 Å². The van der Waals surface area contributed by atoms with E-state index in [1.165, 1.54) is 0 Å². The highest BCUT2D eigenvalue weighted by molar-refractivity contribution is 9.10. The minimum absolute atomic E-state index is 0.112. The summed E-state index contributed by atoms with van der Waals surface area (Å²) < 4.78 is 1.91. The van der Waals surface area contributed by atoms with Crippen LogP contribution in [-0.4, -0.2) is 9.55 Å². The molecule has 0 spiro atoms. The first-order valence-electron chi connectivity index (χ1n) is 5.75. The van der Waals surface area contributed by atoms with Crippen LogP contribution in [0.15, 0.2) is 32.3 Å². The summed E-state index contributed by atoms with van der Waals surface area (Å²) in [4.78, 5) is 26.8. The van der Waals surface area contributed by atoms with E-state index in [0.29, 0.717) is 17.7 Å². The monoisotopic (exact) mass is 342 g/mol. The van der Waals surface area contributed by atoms with Gasteiger partial charge < -0.3 is 0 Å². The van der Waals surface area contributed by atoms with Gasteiger partial charge in [-0.15, -0.1) is 0 Å². The number of aromatic nitrogens is 2. The maximum atomic E-state index is 12.3. The van der Waals surface area contributed by atoms with E-state index in [9.17, 15) is 9.59 Å².